The maximum absolute atomic E-state index is 11.5. The van der Waals surface area contributed by atoms with Gasteiger partial charge in [-0.05, 0) is 6.42 Å². The Morgan fingerprint density at radius 3 is 2.92 bits per heavy atom. The number of aliphatic hydroxyl groups excluding tert-OH is 1. The second-order valence-corrected chi connectivity index (χ2v) is 3.62. The van der Waals surface area contributed by atoms with Crippen molar-refractivity contribution in [1.82, 2.24) is 9.80 Å². The van der Waals surface area contributed by atoms with E-state index < -0.39 is 6.10 Å². The molecule has 0 spiro atoms. The first-order valence-corrected chi connectivity index (χ1v) is 4.92. The smallest absolute Gasteiger partial charge is 0.319 e. The molecular weight excluding hydrogens is 192 g/mol. The van der Waals surface area contributed by atoms with Crippen LogP contribution >= 0.6 is 11.6 Å². The second kappa shape index (κ2) is 4.67. The standard InChI is InChI=1S/C8H15ClN2O2/c1-10-3-2-4-11(8(10)13)6-7(12)5-9/h7,12H,2-6H2,1H3. The molecule has 1 aliphatic heterocycles. The van der Waals surface area contributed by atoms with Crippen molar-refractivity contribution in [3.05, 3.63) is 0 Å². The predicted octanol–water partition coefficient (Wildman–Crippen LogP) is 0.344. The number of carbonyl (C=O) groups is 1. The van der Waals surface area contributed by atoms with Crippen LogP contribution in [0.3, 0.4) is 0 Å². The molecule has 4 nitrogen and oxygen atoms in total. The molecule has 0 bridgehead atoms. The molecule has 1 atom stereocenters. The Labute approximate surface area is 83.1 Å². The minimum Gasteiger partial charge on any atom is -0.390 e. The van der Waals surface area contributed by atoms with Gasteiger partial charge >= 0.3 is 6.03 Å². The summed E-state index contributed by atoms with van der Waals surface area (Å²) < 4.78 is 0. The molecule has 1 unspecified atom stereocenters. The van der Waals surface area contributed by atoms with Crippen molar-refractivity contribution < 1.29 is 9.90 Å². The van der Waals surface area contributed by atoms with E-state index in [4.69, 9.17) is 11.6 Å². The lowest BCUT2D eigenvalue weighted by molar-refractivity contribution is 0.102. The molecule has 0 aliphatic carbocycles. The Bertz CT molecular complexity index is 189. The number of aliphatic hydroxyl groups is 1. The third-order valence-electron chi connectivity index (χ3n) is 2.13. The van der Waals surface area contributed by atoms with Gasteiger partial charge in [-0.25, -0.2) is 4.79 Å². The normalized spacial score (nSPS) is 20.7. The van der Waals surface area contributed by atoms with E-state index in [1.54, 1.807) is 16.8 Å². The van der Waals surface area contributed by atoms with Gasteiger partial charge in [0.2, 0.25) is 0 Å². The van der Waals surface area contributed by atoms with Crippen molar-refractivity contribution in [1.29, 1.82) is 0 Å². The molecule has 0 aromatic heterocycles. The number of hydrogen-bond acceptors (Lipinski definition) is 2. The van der Waals surface area contributed by atoms with Gasteiger partial charge in [-0.15, -0.1) is 11.6 Å². The molecule has 2 amide bonds. The molecule has 1 rings (SSSR count). The fourth-order valence-electron chi connectivity index (χ4n) is 1.40. The lowest BCUT2D eigenvalue weighted by Crippen LogP contribution is -2.50. The molecule has 0 aromatic rings. The Morgan fingerprint density at radius 2 is 2.31 bits per heavy atom. The maximum Gasteiger partial charge on any atom is 0.319 e. The highest BCUT2D eigenvalue weighted by atomic mass is 35.5. The third kappa shape index (κ3) is 2.74. The minimum absolute atomic E-state index is 0.0181. The molecular formula is C8H15ClN2O2. The summed E-state index contributed by atoms with van der Waals surface area (Å²) in [5.74, 6) is 0.174. The number of urea groups is 1. The monoisotopic (exact) mass is 206 g/mol. The van der Waals surface area contributed by atoms with Crippen molar-refractivity contribution in [3.63, 3.8) is 0 Å². The summed E-state index contributed by atoms with van der Waals surface area (Å²) in [4.78, 5) is 14.8. The molecule has 1 N–H and O–H groups in total. The fourth-order valence-corrected chi connectivity index (χ4v) is 1.50. The van der Waals surface area contributed by atoms with E-state index in [9.17, 15) is 9.90 Å². The van der Waals surface area contributed by atoms with Gasteiger partial charge in [-0.3, -0.25) is 0 Å². The van der Waals surface area contributed by atoms with Gasteiger partial charge in [-0.2, -0.15) is 0 Å². The molecule has 0 radical (unpaired) electrons. The number of carbonyl (C=O) groups excluding carboxylic acids is 1. The van der Waals surface area contributed by atoms with Crippen LogP contribution in [0.25, 0.3) is 0 Å². The highest BCUT2D eigenvalue weighted by Gasteiger charge is 2.23. The third-order valence-corrected chi connectivity index (χ3v) is 2.48. The largest absolute Gasteiger partial charge is 0.390 e. The number of hydrogen-bond donors (Lipinski definition) is 1. The van der Waals surface area contributed by atoms with Gasteiger partial charge in [0, 0.05) is 26.7 Å². The van der Waals surface area contributed by atoms with E-state index in [1.165, 1.54) is 0 Å². The molecule has 1 fully saturated rings. The summed E-state index contributed by atoms with van der Waals surface area (Å²) in [6.07, 6.45) is 0.342. The molecule has 1 saturated heterocycles. The summed E-state index contributed by atoms with van der Waals surface area (Å²) in [5.41, 5.74) is 0. The zero-order valence-electron chi connectivity index (χ0n) is 7.74. The van der Waals surface area contributed by atoms with E-state index in [2.05, 4.69) is 0 Å². The molecule has 0 saturated carbocycles. The molecule has 76 valence electrons. The van der Waals surface area contributed by atoms with Crippen LogP contribution in [0.2, 0.25) is 0 Å². The summed E-state index contributed by atoms with van der Waals surface area (Å²) >= 11 is 5.45. The van der Waals surface area contributed by atoms with Crippen LogP contribution in [-0.4, -0.2) is 59.6 Å². The fraction of sp³-hybridized carbons (Fsp3) is 0.875. The van der Waals surface area contributed by atoms with Crippen LogP contribution in [-0.2, 0) is 0 Å². The summed E-state index contributed by atoms with van der Waals surface area (Å²) in [6, 6.07) is -0.0181. The maximum atomic E-state index is 11.5. The lowest BCUT2D eigenvalue weighted by atomic mass is 10.2. The van der Waals surface area contributed by atoms with Crippen molar-refractivity contribution in [2.75, 3.05) is 32.6 Å². The Kier molecular flexibility index (Phi) is 3.81. The van der Waals surface area contributed by atoms with Crippen LogP contribution < -0.4 is 0 Å². The van der Waals surface area contributed by atoms with Gasteiger partial charge in [0.15, 0.2) is 0 Å². The van der Waals surface area contributed by atoms with E-state index in [0.29, 0.717) is 6.54 Å². The van der Waals surface area contributed by atoms with E-state index >= 15 is 0 Å². The van der Waals surface area contributed by atoms with Crippen LogP contribution in [0.5, 0.6) is 0 Å². The highest BCUT2D eigenvalue weighted by molar-refractivity contribution is 6.18. The van der Waals surface area contributed by atoms with Gasteiger partial charge in [0.1, 0.15) is 0 Å². The van der Waals surface area contributed by atoms with E-state index in [1.807, 2.05) is 0 Å². The Hall–Kier alpha value is -0.480. The van der Waals surface area contributed by atoms with Gasteiger partial charge < -0.3 is 14.9 Å². The zero-order valence-corrected chi connectivity index (χ0v) is 8.50. The number of halogens is 1. The first-order valence-electron chi connectivity index (χ1n) is 4.39. The molecule has 1 heterocycles. The van der Waals surface area contributed by atoms with E-state index in [0.717, 1.165) is 19.5 Å². The Morgan fingerprint density at radius 1 is 1.62 bits per heavy atom. The highest BCUT2D eigenvalue weighted by Crippen LogP contribution is 2.07. The van der Waals surface area contributed by atoms with Crippen LogP contribution in [0, 0.1) is 0 Å². The van der Waals surface area contributed by atoms with Gasteiger partial charge in [0.25, 0.3) is 0 Å². The van der Waals surface area contributed by atoms with E-state index in [-0.39, 0.29) is 11.9 Å². The van der Waals surface area contributed by atoms with Crippen molar-refractivity contribution in [2.45, 2.75) is 12.5 Å². The Balaban J connectivity index is 2.44. The second-order valence-electron chi connectivity index (χ2n) is 3.31. The summed E-state index contributed by atoms with van der Waals surface area (Å²) in [6.45, 7) is 1.86. The molecule has 13 heavy (non-hydrogen) atoms. The molecule has 1 aliphatic rings. The number of β-amino-alcohol motifs (C(OH)–C–C–N with tert-alkyl or cyclic N) is 1. The predicted molar refractivity (Wildman–Crippen MR) is 50.9 cm³/mol. The van der Waals surface area contributed by atoms with Crippen molar-refractivity contribution in [3.8, 4) is 0 Å². The molecule has 5 heteroatoms. The topological polar surface area (TPSA) is 43.8 Å². The van der Waals surface area contributed by atoms with Gasteiger partial charge in [0.05, 0.1) is 12.0 Å². The van der Waals surface area contributed by atoms with Crippen molar-refractivity contribution in [2.24, 2.45) is 0 Å². The van der Waals surface area contributed by atoms with Crippen LogP contribution in [0.1, 0.15) is 6.42 Å². The SMILES string of the molecule is CN1CCCN(CC(O)CCl)C1=O. The zero-order chi connectivity index (χ0) is 9.84. The lowest BCUT2D eigenvalue weighted by Gasteiger charge is -2.34. The summed E-state index contributed by atoms with van der Waals surface area (Å²) in [7, 11) is 1.77. The number of amides is 2. The average Bonchev–Trinajstić information content (AvgIpc) is 2.13. The number of nitrogens with zero attached hydrogens (tertiary/aromatic N) is 2. The van der Waals surface area contributed by atoms with Gasteiger partial charge in [-0.1, -0.05) is 0 Å². The van der Waals surface area contributed by atoms with Crippen LogP contribution in [0.15, 0.2) is 0 Å². The summed E-state index contributed by atoms with van der Waals surface area (Å²) in [5, 5.41) is 9.27. The van der Waals surface area contributed by atoms with Crippen LogP contribution in [0.4, 0.5) is 4.79 Å². The first-order chi connectivity index (χ1) is 6.15. The average molecular weight is 207 g/mol. The van der Waals surface area contributed by atoms with Crippen molar-refractivity contribution >= 4 is 17.6 Å². The minimum atomic E-state index is -0.614. The number of alkyl halides is 1. The number of rotatable bonds is 3. The molecule has 0 aromatic carbocycles. The quantitative estimate of drug-likeness (QED) is 0.677. The first kappa shape index (κ1) is 10.6.